The Kier molecular flexibility index (Phi) is 14.3. The van der Waals surface area contributed by atoms with Gasteiger partial charge in [-0.3, -0.25) is 4.79 Å². The van der Waals surface area contributed by atoms with Crippen LogP contribution in [0.25, 0.3) is 52.4 Å². The SMILES string of the molecule is CCC(CC)C(=O)/C=C(\O)C(CC)CC.C[Si](C)(C)c1ccc(-c2ccc(-c3c(C(F)(F)F)cnc4c3[se]c3cc5ccccc5[c-]c34)cc2)cc1.[Ir]. The Labute approximate surface area is 331 Å². The predicted octanol–water partition coefficient (Wildman–Crippen LogP) is 12.2. The molecular formula is C44H47F3IrNO2SeSi-. The van der Waals surface area contributed by atoms with Crippen LogP contribution in [-0.2, 0) is 31.1 Å². The predicted molar refractivity (Wildman–Crippen MR) is 215 cm³/mol. The number of hydrogen-bond acceptors (Lipinski definition) is 3. The summed E-state index contributed by atoms with van der Waals surface area (Å²) in [6.45, 7) is 15.0. The zero-order valence-corrected chi connectivity index (χ0v) is 36.4. The van der Waals surface area contributed by atoms with Gasteiger partial charge in [0.15, 0.2) is 5.78 Å². The van der Waals surface area contributed by atoms with Crippen LogP contribution in [0.2, 0.25) is 19.6 Å². The average molecular weight is 978 g/mol. The van der Waals surface area contributed by atoms with Crippen LogP contribution in [-0.4, -0.2) is 38.5 Å². The third kappa shape index (κ3) is 9.68. The van der Waals surface area contributed by atoms with E-state index in [0.29, 0.717) is 15.3 Å². The van der Waals surface area contributed by atoms with Crippen molar-refractivity contribution in [2.24, 2.45) is 11.8 Å². The molecule has 6 aromatic rings. The summed E-state index contributed by atoms with van der Waals surface area (Å²) >= 11 is -0.305. The van der Waals surface area contributed by atoms with Crippen molar-refractivity contribution in [3.63, 3.8) is 0 Å². The summed E-state index contributed by atoms with van der Waals surface area (Å²) in [6, 6.07) is 29.4. The molecule has 0 aliphatic heterocycles. The Morgan fingerprint density at radius 1 is 0.849 bits per heavy atom. The molecule has 1 radical (unpaired) electrons. The van der Waals surface area contributed by atoms with Crippen LogP contribution in [0.15, 0.2) is 96.9 Å². The molecule has 0 saturated carbocycles. The number of pyridine rings is 1. The molecule has 0 aliphatic rings. The van der Waals surface area contributed by atoms with Gasteiger partial charge in [-0.05, 0) is 25.7 Å². The number of ketones is 1. The maximum Gasteiger partial charge on any atom is 0 e. The molecule has 1 N–H and O–H groups in total. The topological polar surface area (TPSA) is 50.2 Å². The van der Waals surface area contributed by atoms with Crippen molar-refractivity contribution in [3.05, 3.63) is 109 Å². The first-order chi connectivity index (χ1) is 24.7. The molecular weight excluding hydrogens is 931 g/mol. The van der Waals surface area contributed by atoms with Crippen molar-refractivity contribution in [1.82, 2.24) is 4.98 Å². The van der Waals surface area contributed by atoms with Gasteiger partial charge in [-0.2, -0.15) is 0 Å². The molecule has 0 fully saturated rings. The number of aromatic nitrogens is 1. The standard InChI is InChI=1S/C31H23F3NSeSi.C13H24O2.Ir/c1-37(2,3)24-14-12-20(13-15-24)19-8-10-21(11-9-19)28-26(31(32,33)34)18-35-29-25-16-22-6-4-5-7-23(22)17-27(25)36-30(28)29;1-5-10(6-2)12(14)9-13(15)11(7-3)8-4;/h4-15,17-18H,1-3H3;9-11,14H,5-8H2,1-4H3;/q-1;;/b;12-9-;. The second-order valence-corrected chi connectivity index (χ2v) is 21.6. The summed E-state index contributed by atoms with van der Waals surface area (Å²) in [5.74, 6) is 0.547. The number of aliphatic hydroxyl groups excluding tert-OH is 1. The van der Waals surface area contributed by atoms with E-state index in [4.69, 9.17) is 0 Å². The van der Waals surface area contributed by atoms with Gasteiger partial charge in [0.05, 0.1) is 5.76 Å². The van der Waals surface area contributed by atoms with Gasteiger partial charge in [0.25, 0.3) is 0 Å². The number of rotatable bonds is 10. The fraction of sp³-hybridized carbons (Fsp3) is 0.318. The molecule has 0 amide bonds. The maximum absolute atomic E-state index is 14.2. The van der Waals surface area contributed by atoms with Crippen molar-refractivity contribution in [2.75, 3.05) is 0 Å². The number of fused-ring (bicyclic) bond motifs is 4. The van der Waals surface area contributed by atoms with Gasteiger partial charge in [-0.25, -0.2) is 0 Å². The van der Waals surface area contributed by atoms with Crippen LogP contribution < -0.4 is 5.19 Å². The van der Waals surface area contributed by atoms with Crippen molar-refractivity contribution in [1.29, 1.82) is 0 Å². The zero-order valence-electron chi connectivity index (χ0n) is 31.3. The summed E-state index contributed by atoms with van der Waals surface area (Å²) in [5.41, 5.74) is 2.79. The number of allylic oxidation sites excluding steroid dienone is 2. The van der Waals surface area contributed by atoms with Gasteiger partial charge in [-0.1, -0.05) is 27.7 Å². The summed E-state index contributed by atoms with van der Waals surface area (Å²) in [4.78, 5) is 16.0. The fourth-order valence-electron chi connectivity index (χ4n) is 6.56. The van der Waals surface area contributed by atoms with E-state index in [1.165, 1.54) is 11.3 Å². The Bertz CT molecular complexity index is 2200. The van der Waals surface area contributed by atoms with Gasteiger partial charge >= 0.3 is 221 Å². The molecule has 0 saturated heterocycles. The summed E-state index contributed by atoms with van der Waals surface area (Å²) < 4.78 is 44.3. The Morgan fingerprint density at radius 3 is 1.94 bits per heavy atom. The minimum Gasteiger partial charge on any atom is 0 e. The van der Waals surface area contributed by atoms with Gasteiger partial charge in [-0.15, -0.1) is 0 Å². The second-order valence-electron chi connectivity index (χ2n) is 14.3. The van der Waals surface area contributed by atoms with E-state index in [0.717, 1.165) is 63.4 Å². The van der Waals surface area contributed by atoms with Crippen LogP contribution in [0.5, 0.6) is 0 Å². The number of benzene rings is 4. The third-order valence-electron chi connectivity index (χ3n) is 9.88. The molecule has 0 bridgehead atoms. The first kappa shape index (κ1) is 42.4. The average Bonchev–Trinajstić information content (AvgIpc) is 3.48. The maximum atomic E-state index is 14.2. The zero-order chi connectivity index (χ0) is 37.8. The van der Waals surface area contributed by atoms with Crippen molar-refractivity contribution in [3.8, 4) is 22.3 Å². The molecule has 6 rings (SSSR count). The van der Waals surface area contributed by atoms with E-state index < -0.39 is 19.8 Å². The number of carbonyl (C=O) groups excluding carboxylic acids is 1. The molecule has 2 heterocycles. The molecule has 3 nitrogen and oxygen atoms in total. The van der Waals surface area contributed by atoms with E-state index in [-0.39, 0.29) is 63.6 Å². The summed E-state index contributed by atoms with van der Waals surface area (Å²) in [7, 11) is -1.40. The van der Waals surface area contributed by atoms with E-state index >= 15 is 0 Å². The van der Waals surface area contributed by atoms with Crippen molar-refractivity contribution in [2.45, 2.75) is 79.2 Å². The van der Waals surface area contributed by atoms with E-state index in [1.807, 2.05) is 76.2 Å². The number of nitrogens with zero attached hydrogens (tertiary/aromatic N) is 1. The molecule has 0 aliphatic carbocycles. The van der Waals surface area contributed by atoms with E-state index in [2.05, 4.69) is 61.0 Å². The largest absolute Gasteiger partial charge is 0 e. The van der Waals surface area contributed by atoms with Gasteiger partial charge in [0.2, 0.25) is 0 Å². The van der Waals surface area contributed by atoms with Crippen LogP contribution in [0.1, 0.15) is 58.9 Å². The van der Waals surface area contributed by atoms with Gasteiger partial charge < -0.3 is 5.11 Å². The van der Waals surface area contributed by atoms with Crippen molar-refractivity contribution < 1.29 is 43.2 Å². The molecule has 53 heavy (non-hydrogen) atoms. The Balaban J connectivity index is 0.000000335. The van der Waals surface area contributed by atoms with Crippen molar-refractivity contribution >= 4 is 63.7 Å². The van der Waals surface area contributed by atoms with E-state index in [9.17, 15) is 23.1 Å². The number of halogens is 3. The first-order valence-corrected chi connectivity index (χ1v) is 23.3. The molecule has 0 spiro atoms. The van der Waals surface area contributed by atoms with Crippen LogP contribution >= 0.6 is 0 Å². The third-order valence-corrected chi connectivity index (χ3v) is 14.3. The Morgan fingerprint density at radius 2 is 1.40 bits per heavy atom. The molecule has 0 unspecified atom stereocenters. The number of hydrogen-bond donors (Lipinski definition) is 1. The Hall–Kier alpha value is -3.32. The minimum atomic E-state index is -4.50. The number of aliphatic hydroxyl groups is 1. The first-order valence-electron chi connectivity index (χ1n) is 18.1. The normalized spacial score (nSPS) is 12.3. The van der Waals surface area contributed by atoms with Crippen LogP contribution in [0.4, 0.5) is 13.2 Å². The van der Waals surface area contributed by atoms with Gasteiger partial charge in [0, 0.05) is 38.0 Å². The number of alkyl halides is 3. The number of carbonyl (C=O) groups is 1. The van der Waals surface area contributed by atoms with Crippen LogP contribution in [0.3, 0.4) is 0 Å². The van der Waals surface area contributed by atoms with Gasteiger partial charge in [0.1, 0.15) is 0 Å². The summed E-state index contributed by atoms with van der Waals surface area (Å²) in [6.07, 6.45) is 1.40. The molecule has 2 aromatic heterocycles. The van der Waals surface area contributed by atoms with Crippen LogP contribution in [0, 0.1) is 17.9 Å². The minimum absolute atomic E-state index is 0. The second kappa shape index (κ2) is 17.9. The molecule has 9 heteroatoms. The van der Waals surface area contributed by atoms with E-state index in [1.54, 1.807) is 0 Å². The molecule has 281 valence electrons. The quantitative estimate of drug-likeness (QED) is 0.0644. The molecule has 0 atom stereocenters. The fourth-order valence-corrected chi connectivity index (χ4v) is 10.3. The molecule has 4 aromatic carbocycles. The summed E-state index contributed by atoms with van der Waals surface area (Å²) in [5, 5.41) is 13.9. The smallest absolute Gasteiger partial charge is 0 e. The monoisotopic (exact) mass is 979 g/mol.